The van der Waals surface area contributed by atoms with Crippen molar-refractivity contribution in [2.75, 3.05) is 0 Å². The minimum Gasteiger partial charge on any atom is -0.307 e. The Balaban J connectivity index is 3.63. The highest BCUT2D eigenvalue weighted by atomic mass is 32.3. The quantitative estimate of drug-likeness (QED) is 0.562. The SMILES string of the molecule is CCCCC(F)[SH](=O)(O)O. The molecule has 0 aromatic carbocycles. The molecule has 1 unspecified atom stereocenters. The third kappa shape index (κ3) is 3.92. The van der Waals surface area contributed by atoms with Crippen molar-refractivity contribution >= 4 is 10.5 Å². The average molecular weight is 172 g/mol. The number of thiol groups is 1. The van der Waals surface area contributed by atoms with Crippen molar-refractivity contribution in [1.29, 1.82) is 0 Å². The maximum Gasteiger partial charge on any atom is 0.194 e. The monoisotopic (exact) mass is 172 g/mol. The summed E-state index contributed by atoms with van der Waals surface area (Å²) >= 11 is 0. The van der Waals surface area contributed by atoms with E-state index in [-0.39, 0.29) is 6.42 Å². The van der Waals surface area contributed by atoms with Gasteiger partial charge in [0.25, 0.3) is 0 Å². The van der Waals surface area contributed by atoms with E-state index in [0.29, 0.717) is 6.42 Å². The first-order valence-corrected chi connectivity index (χ1v) is 4.86. The van der Waals surface area contributed by atoms with Gasteiger partial charge in [0.2, 0.25) is 0 Å². The molecule has 2 N–H and O–H groups in total. The van der Waals surface area contributed by atoms with Crippen LogP contribution in [0.15, 0.2) is 0 Å². The summed E-state index contributed by atoms with van der Waals surface area (Å²) in [6.07, 6.45) is 1.23. The van der Waals surface area contributed by atoms with Gasteiger partial charge in [-0.2, -0.15) is 0 Å². The van der Waals surface area contributed by atoms with Crippen molar-refractivity contribution in [3.63, 3.8) is 0 Å². The van der Waals surface area contributed by atoms with Gasteiger partial charge in [-0.3, -0.25) is 0 Å². The summed E-state index contributed by atoms with van der Waals surface area (Å²) < 4.78 is 39.0. The number of rotatable bonds is 4. The molecule has 0 heterocycles. The van der Waals surface area contributed by atoms with Gasteiger partial charge < -0.3 is 9.11 Å². The molecule has 0 fully saturated rings. The van der Waals surface area contributed by atoms with Gasteiger partial charge in [-0.25, -0.2) is 8.60 Å². The van der Waals surface area contributed by atoms with Crippen molar-refractivity contribution in [3.8, 4) is 0 Å². The van der Waals surface area contributed by atoms with E-state index < -0.39 is 16.0 Å². The summed E-state index contributed by atoms with van der Waals surface area (Å²) in [7, 11) is -4.45. The van der Waals surface area contributed by atoms with E-state index in [0.717, 1.165) is 6.42 Å². The fraction of sp³-hybridized carbons (Fsp3) is 1.00. The van der Waals surface area contributed by atoms with Gasteiger partial charge in [0.05, 0.1) is 0 Å². The van der Waals surface area contributed by atoms with Crippen LogP contribution < -0.4 is 0 Å². The predicted molar refractivity (Wildman–Crippen MR) is 39.2 cm³/mol. The zero-order chi connectivity index (χ0) is 8.20. The number of alkyl halides is 1. The molecule has 1 atom stereocenters. The minimum absolute atomic E-state index is 0.0409. The molecule has 0 aliphatic carbocycles. The molecule has 5 heteroatoms. The lowest BCUT2D eigenvalue weighted by Gasteiger charge is -2.14. The molecule has 0 amide bonds. The Morgan fingerprint density at radius 1 is 1.60 bits per heavy atom. The zero-order valence-corrected chi connectivity index (χ0v) is 6.72. The molecule has 0 aromatic rings. The molecule has 0 aliphatic heterocycles. The zero-order valence-electron chi connectivity index (χ0n) is 5.83. The largest absolute Gasteiger partial charge is 0.307 e. The standard InChI is InChI=1S/C5H13FO3S/c1-2-3-4-5(6)10(7,8)9/h5,10H,2-4H2,1H3,(H2,7,8,9). The van der Waals surface area contributed by atoms with Gasteiger partial charge >= 0.3 is 0 Å². The van der Waals surface area contributed by atoms with Gasteiger partial charge in [-0.05, 0) is 12.8 Å². The fourth-order valence-electron chi connectivity index (χ4n) is 0.541. The lowest BCUT2D eigenvalue weighted by molar-refractivity contribution is 0.320. The molecular formula is C5H13FO3S. The average Bonchev–Trinajstić information content (AvgIpc) is 1.80. The maximum atomic E-state index is 12.3. The molecule has 0 spiro atoms. The fourth-order valence-corrected chi connectivity index (χ4v) is 1.06. The second-order valence-electron chi connectivity index (χ2n) is 2.17. The molecule has 0 aliphatic rings. The molecule has 0 rings (SSSR count). The van der Waals surface area contributed by atoms with Gasteiger partial charge in [0.15, 0.2) is 5.50 Å². The van der Waals surface area contributed by atoms with E-state index in [9.17, 15) is 8.60 Å². The summed E-state index contributed by atoms with van der Waals surface area (Å²) in [4.78, 5) is 0. The molecule has 64 valence electrons. The van der Waals surface area contributed by atoms with Crippen LogP contribution in [0.25, 0.3) is 0 Å². The molecule has 10 heavy (non-hydrogen) atoms. The van der Waals surface area contributed by atoms with Gasteiger partial charge in [0.1, 0.15) is 10.5 Å². The molecule has 0 radical (unpaired) electrons. The number of hydrogen-bond acceptors (Lipinski definition) is 1. The summed E-state index contributed by atoms with van der Waals surface area (Å²) in [6, 6.07) is 0. The van der Waals surface area contributed by atoms with Crippen LogP contribution in [0, 0.1) is 0 Å². The Morgan fingerprint density at radius 2 is 2.10 bits per heavy atom. The van der Waals surface area contributed by atoms with Crippen molar-refractivity contribution < 1.29 is 17.7 Å². The molecule has 0 saturated carbocycles. The van der Waals surface area contributed by atoms with Crippen LogP contribution in [-0.2, 0) is 10.5 Å². The van der Waals surface area contributed by atoms with Crippen molar-refractivity contribution in [3.05, 3.63) is 0 Å². The number of unbranched alkanes of at least 4 members (excludes halogenated alkanes) is 1. The topological polar surface area (TPSA) is 57.5 Å². The van der Waals surface area contributed by atoms with Crippen LogP contribution in [-0.4, -0.2) is 18.8 Å². The smallest absolute Gasteiger partial charge is 0.194 e. The van der Waals surface area contributed by atoms with Crippen LogP contribution in [0.2, 0.25) is 0 Å². The lowest BCUT2D eigenvalue weighted by Crippen LogP contribution is -2.22. The molecule has 0 bridgehead atoms. The van der Waals surface area contributed by atoms with E-state index in [4.69, 9.17) is 9.11 Å². The van der Waals surface area contributed by atoms with Crippen molar-refractivity contribution in [1.82, 2.24) is 0 Å². The highest BCUT2D eigenvalue weighted by Gasteiger charge is 2.18. The summed E-state index contributed by atoms with van der Waals surface area (Å²) in [5.74, 6) is 0. The maximum absolute atomic E-state index is 12.3. The first kappa shape index (κ1) is 10.0. The van der Waals surface area contributed by atoms with E-state index in [2.05, 4.69) is 0 Å². The second-order valence-corrected chi connectivity index (χ2v) is 3.90. The predicted octanol–water partition coefficient (Wildman–Crippen LogP) is 1.43. The normalized spacial score (nSPS) is 16.8. The third-order valence-electron chi connectivity index (χ3n) is 1.16. The molecule has 3 nitrogen and oxygen atoms in total. The minimum atomic E-state index is -4.45. The summed E-state index contributed by atoms with van der Waals surface area (Å²) in [5, 5.41) is 0. The van der Waals surface area contributed by atoms with Gasteiger partial charge in [-0.1, -0.05) is 13.3 Å². The Kier molecular flexibility index (Phi) is 4.00. The van der Waals surface area contributed by atoms with Crippen molar-refractivity contribution in [2.24, 2.45) is 0 Å². The van der Waals surface area contributed by atoms with E-state index in [1.165, 1.54) is 0 Å². The van der Waals surface area contributed by atoms with Crippen LogP contribution in [0.1, 0.15) is 26.2 Å². The Bertz CT molecular complexity index is 133. The van der Waals surface area contributed by atoms with Gasteiger partial charge in [0, 0.05) is 0 Å². The summed E-state index contributed by atoms with van der Waals surface area (Å²) in [6.45, 7) is 1.84. The highest BCUT2D eigenvalue weighted by molar-refractivity contribution is 7.92. The van der Waals surface area contributed by atoms with Gasteiger partial charge in [-0.15, -0.1) is 0 Å². The number of hydrogen-bond donors (Lipinski definition) is 3. The first-order valence-electron chi connectivity index (χ1n) is 3.17. The Morgan fingerprint density at radius 3 is 2.40 bits per heavy atom. The molecule has 0 aromatic heterocycles. The van der Waals surface area contributed by atoms with Crippen LogP contribution in [0.4, 0.5) is 4.39 Å². The van der Waals surface area contributed by atoms with E-state index in [1.54, 1.807) is 0 Å². The lowest BCUT2D eigenvalue weighted by atomic mass is 10.3. The molecular weight excluding hydrogens is 159 g/mol. The highest BCUT2D eigenvalue weighted by Crippen LogP contribution is 2.13. The van der Waals surface area contributed by atoms with E-state index in [1.807, 2.05) is 6.92 Å². The van der Waals surface area contributed by atoms with Crippen molar-refractivity contribution in [2.45, 2.75) is 31.7 Å². The van der Waals surface area contributed by atoms with Crippen LogP contribution >= 0.6 is 0 Å². The summed E-state index contributed by atoms with van der Waals surface area (Å²) in [5.41, 5.74) is -1.97. The second kappa shape index (κ2) is 4.00. The first-order chi connectivity index (χ1) is 4.48. The van der Waals surface area contributed by atoms with E-state index >= 15 is 0 Å². The van der Waals surface area contributed by atoms with Crippen LogP contribution in [0.3, 0.4) is 0 Å². The Labute approximate surface area is 60.7 Å². The molecule has 0 saturated heterocycles. The van der Waals surface area contributed by atoms with Crippen LogP contribution in [0.5, 0.6) is 0 Å². The third-order valence-corrected chi connectivity index (χ3v) is 2.15. The number of halogens is 1. The Hall–Kier alpha value is -0.0000000000000000416.